The highest BCUT2D eigenvalue weighted by Crippen LogP contribution is 1.92. The van der Waals surface area contributed by atoms with Crippen LogP contribution in [0, 0.1) is 0 Å². The zero-order valence-corrected chi connectivity index (χ0v) is 8.43. The third-order valence-corrected chi connectivity index (χ3v) is 1.53. The first kappa shape index (κ1) is 11.9. The van der Waals surface area contributed by atoms with Crippen LogP contribution in [-0.4, -0.2) is 39.5 Å². The van der Waals surface area contributed by atoms with Crippen LogP contribution in [0.25, 0.3) is 0 Å². The first-order valence-electron chi connectivity index (χ1n) is 4.65. The third kappa shape index (κ3) is 7.98. The molecule has 0 saturated carbocycles. The molecule has 0 rings (SSSR count). The first-order valence-corrected chi connectivity index (χ1v) is 4.65. The maximum atomic E-state index is 5.48. The van der Waals surface area contributed by atoms with Crippen LogP contribution in [0.15, 0.2) is 0 Å². The van der Waals surface area contributed by atoms with E-state index in [0.717, 1.165) is 26.2 Å². The Morgan fingerprint density at radius 1 is 1.42 bits per heavy atom. The predicted molar refractivity (Wildman–Crippen MR) is 50.5 cm³/mol. The van der Waals surface area contributed by atoms with Crippen molar-refractivity contribution < 1.29 is 9.47 Å². The molecule has 3 heteroatoms. The molecule has 0 heterocycles. The fraction of sp³-hybridized carbons (Fsp3) is 1.00. The zero-order chi connectivity index (χ0) is 9.23. The summed E-state index contributed by atoms with van der Waals surface area (Å²) < 4.78 is 10.7. The van der Waals surface area contributed by atoms with Crippen LogP contribution in [0.5, 0.6) is 0 Å². The largest absolute Gasteiger partial charge is 0.379 e. The van der Waals surface area contributed by atoms with Crippen LogP contribution in [0.3, 0.4) is 0 Å². The molecule has 1 atom stereocenters. The fourth-order valence-corrected chi connectivity index (χ4v) is 0.865. The van der Waals surface area contributed by atoms with Crippen LogP contribution in [0.4, 0.5) is 0 Å². The van der Waals surface area contributed by atoms with E-state index >= 15 is 0 Å². The molecule has 0 aliphatic rings. The van der Waals surface area contributed by atoms with Crippen molar-refractivity contribution >= 4 is 0 Å². The van der Waals surface area contributed by atoms with E-state index < -0.39 is 0 Å². The second-order valence-electron chi connectivity index (χ2n) is 2.80. The van der Waals surface area contributed by atoms with Gasteiger partial charge in [0.15, 0.2) is 0 Å². The van der Waals surface area contributed by atoms with Crippen molar-refractivity contribution in [3.8, 4) is 0 Å². The molecule has 0 bridgehead atoms. The van der Waals surface area contributed by atoms with Gasteiger partial charge in [-0.1, -0.05) is 0 Å². The maximum Gasteiger partial charge on any atom is 0.0780 e. The van der Waals surface area contributed by atoms with E-state index in [1.54, 1.807) is 0 Å². The lowest BCUT2D eigenvalue weighted by Crippen LogP contribution is -2.18. The third-order valence-electron chi connectivity index (χ3n) is 1.53. The van der Waals surface area contributed by atoms with Gasteiger partial charge in [-0.15, -0.1) is 0 Å². The Labute approximate surface area is 75.4 Å². The van der Waals surface area contributed by atoms with Crippen LogP contribution in [0.2, 0.25) is 0 Å². The van der Waals surface area contributed by atoms with Crippen molar-refractivity contribution in [3.05, 3.63) is 0 Å². The summed E-state index contributed by atoms with van der Waals surface area (Å²) in [6.07, 6.45) is 1.29. The molecule has 0 aliphatic heterocycles. The SMILES string of the molecule is CCOCC(C)OCCCNC. The van der Waals surface area contributed by atoms with Gasteiger partial charge in [-0.05, 0) is 33.9 Å². The molecule has 1 unspecified atom stereocenters. The second kappa shape index (κ2) is 8.97. The minimum atomic E-state index is 0.224. The summed E-state index contributed by atoms with van der Waals surface area (Å²) in [4.78, 5) is 0. The number of rotatable bonds is 8. The minimum Gasteiger partial charge on any atom is -0.379 e. The topological polar surface area (TPSA) is 30.5 Å². The van der Waals surface area contributed by atoms with E-state index in [-0.39, 0.29) is 6.10 Å². The van der Waals surface area contributed by atoms with Gasteiger partial charge in [-0.25, -0.2) is 0 Å². The smallest absolute Gasteiger partial charge is 0.0780 e. The van der Waals surface area contributed by atoms with E-state index in [1.165, 1.54) is 0 Å². The molecule has 12 heavy (non-hydrogen) atoms. The van der Waals surface area contributed by atoms with Gasteiger partial charge in [-0.2, -0.15) is 0 Å². The number of nitrogens with one attached hydrogen (secondary N) is 1. The Hall–Kier alpha value is -0.120. The van der Waals surface area contributed by atoms with Gasteiger partial charge >= 0.3 is 0 Å². The fourth-order valence-electron chi connectivity index (χ4n) is 0.865. The van der Waals surface area contributed by atoms with Crippen molar-refractivity contribution in [1.29, 1.82) is 0 Å². The average Bonchev–Trinajstić information content (AvgIpc) is 2.09. The number of hydrogen-bond acceptors (Lipinski definition) is 3. The Balaban J connectivity index is 3.02. The number of hydrogen-bond donors (Lipinski definition) is 1. The Kier molecular flexibility index (Phi) is 8.88. The molecule has 0 saturated heterocycles. The summed E-state index contributed by atoms with van der Waals surface area (Å²) in [5.74, 6) is 0. The first-order chi connectivity index (χ1) is 5.81. The predicted octanol–water partition coefficient (Wildman–Crippen LogP) is 1.04. The van der Waals surface area contributed by atoms with Gasteiger partial charge in [0.1, 0.15) is 0 Å². The van der Waals surface area contributed by atoms with Crippen LogP contribution >= 0.6 is 0 Å². The monoisotopic (exact) mass is 175 g/mol. The van der Waals surface area contributed by atoms with Crippen molar-refractivity contribution in [3.63, 3.8) is 0 Å². The van der Waals surface area contributed by atoms with Crippen molar-refractivity contribution in [2.24, 2.45) is 0 Å². The summed E-state index contributed by atoms with van der Waals surface area (Å²) in [6.45, 7) is 7.33. The average molecular weight is 175 g/mol. The molecule has 0 aromatic heterocycles. The lowest BCUT2D eigenvalue weighted by molar-refractivity contribution is -0.00382. The molecule has 3 nitrogen and oxygen atoms in total. The van der Waals surface area contributed by atoms with Crippen molar-refractivity contribution in [2.45, 2.75) is 26.4 Å². The normalized spacial score (nSPS) is 13.2. The molecule has 0 radical (unpaired) electrons. The lowest BCUT2D eigenvalue weighted by atomic mass is 10.4. The summed E-state index contributed by atoms with van der Waals surface area (Å²) in [7, 11) is 1.95. The molecular weight excluding hydrogens is 154 g/mol. The standard InChI is InChI=1S/C9H21NO2/c1-4-11-8-9(2)12-7-5-6-10-3/h9-10H,4-8H2,1-3H3. The van der Waals surface area contributed by atoms with Crippen LogP contribution in [0.1, 0.15) is 20.3 Å². The van der Waals surface area contributed by atoms with E-state index in [2.05, 4.69) is 5.32 Å². The summed E-state index contributed by atoms with van der Waals surface area (Å²) in [6, 6.07) is 0. The van der Waals surface area contributed by atoms with Crippen LogP contribution < -0.4 is 5.32 Å². The molecular formula is C9H21NO2. The molecule has 0 fully saturated rings. The zero-order valence-electron chi connectivity index (χ0n) is 8.43. The van der Waals surface area contributed by atoms with Gasteiger partial charge in [-0.3, -0.25) is 0 Å². The summed E-state index contributed by atoms with van der Waals surface area (Å²) in [5, 5.41) is 3.07. The van der Waals surface area contributed by atoms with E-state index in [0.29, 0.717) is 6.61 Å². The summed E-state index contributed by atoms with van der Waals surface area (Å²) >= 11 is 0. The van der Waals surface area contributed by atoms with E-state index in [4.69, 9.17) is 9.47 Å². The van der Waals surface area contributed by atoms with Gasteiger partial charge in [0, 0.05) is 13.2 Å². The highest BCUT2D eigenvalue weighted by Gasteiger charge is 1.99. The van der Waals surface area contributed by atoms with Gasteiger partial charge in [0.25, 0.3) is 0 Å². The van der Waals surface area contributed by atoms with Crippen LogP contribution in [-0.2, 0) is 9.47 Å². The molecule has 1 N–H and O–H groups in total. The van der Waals surface area contributed by atoms with Crippen molar-refractivity contribution in [2.75, 3.05) is 33.4 Å². The van der Waals surface area contributed by atoms with Crippen molar-refractivity contribution in [1.82, 2.24) is 5.32 Å². The Morgan fingerprint density at radius 2 is 2.17 bits per heavy atom. The molecule has 0 spiro atoms. The maximum absolute atomic E-state index is 5.48. The molecule has 0 aromatic rings. The summed E-state index contributed by atoms with van der Waals surface area (Å²) in [5.41, 5.74) is 0. The van der Waals surface area contributed by atoms with Gasteiger partial charge in [0.2, 0.25) is 0 Å². The molecule has 0 aliphatic carbocycles. The van der Waals surface area contributed by atoms with E-state index in [9.17, 15) is 0 Å². The second-order valence-corrected chi connectivity index (χ2v) is 2.80. The quantitative estimate of drug-likeness (QED) is 0.559. The van der Waals surface area contributed by atoms with Gasteiger partial charge in [0.05, 0.1) is 12.7 Å². The Morgan fingerprint density at radius 3 is 2.75 bits per heavy atom. The minimum absolute atomic E-state index is 0.224. The lowest BCUT2D eigenvalue weighted by Gasteiger charge is -2.12. The highest BCUT2D eigenvalue weighted by atomic mass is 16.5. The van der Waals surface area contributed by atoms with E-state index in [1.807, 2.05) is 20.9 Å². The molecule has 74 valence electrons. The molecule has 0 aromatic carbocycles. The van der Waals surface area contributed by atoms with Gasteiger partial charge < -0.3 is 14.8 Å². The molecule has 0 amide bonds. The number of ether oxygens (including phenoxy) is 2. The highest BCUT2D eigenvalue weighted by molar-refractivity contribution is 4.47. The Bertz CT molecular complexity index is 88.6.